The molecule has 1 saturated heterocycles. The molecule has 3 saturated carbocycles. The number of nitrogens with one attached hydrogen (secondary N) is 7. The molecule has 16 atom stereocenters. The number of hydrogen-bond acceptors (Lipinski definition) is 20. The Labute approximate surface area is 668 Å². The molecule has 33 heteroatoms. The molecule has 0 bridgehead atoms. The highest BCUT2D eigenvalue weighted by molar-refractivity contribution is 6.30. The molecule has 0 spiro atoms. The molecule has 9 rings (SSSR count). The van der Waals surface area contributed by atoms with Gasteiger partial charge < -0.3 is 100 Å². The van der Waals surface area contributed by atoms with Gasteiger partial charge in [-0.25, -0.2) is 9.78 Å². The highest BCUT2D eigenvalue weighted by atomic mass is 35.5. The third-order valence-corrected chi connectivity index (χ3v) is 23.3. The molecule has 5 aliphatic rings. The smallest absolute Gasteiger partial charge is 0.326 e. The molecule has 114 heavy (non-hydrogen) atoms. The van der Waals surface area contributed by atoms with Gasteiger partial charge >= 0.3 is 5.97 Å². The molecule has 3 aromatic carbocycles. The zero-order valence-electron chi connectivity index (χ0n) is 65.8. The number of guanidine groups is 1. The van der Waals surface area contributed by atoms with Crippen molar-refractivity contribution < 1.29 is 88.2 Å². The number of aromatic nitrogens is 2. The number of carbonyl (C=O) groups excluding carboxylic acids is 11. The minimum atomic E-state index is -1.41. The number of likely N-dealkylation sites (tertiary alicyclic amines) is 1. The van der Waals surface area contributed by atoms with E-state index < -0.39 is 155 Å². The number of phenolic OH excluding ortho intramolecular Hbond substituents is 1. The molecule has 622 valence electrons. The third kappa shape index (κ3) is 23.4. The number of halogens is 1. The summed E-state index contributed by atoms with van der Waals surface area (Å²) < 4.78 is 0. The maximum atomic E-state index is 14.5. The Hall–Kier alpha value is -9.99. The fourth-order valence-electron chi connectivity index (χ4n) is 16.5. The van der Waals surface area contributed by atoms with Crippen LogP contribution < -0.4 is 54.8 Å². The number of phenols is 1. The zero-order chi connectivity index (χ0) is 84.3. The minimum absolute atomic E-state index is 0.000444. The monoisotopic (exact) mass is 1600 g/mol. The number of Topliss-reactive ketones (excluding diaryl/α,β-unsaturated/α-hetero) is 1. The van der Waals surface area contributed by atoms with Gasteiger partial charge in [-0.15, -0.1) is 0 Å². The number of amides is 8. The second kappa shape index (κ2) is 40.3. The normalized spacial score (nSPS) is 23.2. The van der Waals surface area contributed by atoms with Gasteiger partial charge in [0.2, 0.25) is 47.3 Å². The van der Waals surface area contributed by atoms with Gasteiger partial charge in [-0.05, 0) is 167 Å². The van der Waals surface area contributed by atoms with Crippen LogP contribution >= 0.6 is 11.6 Å². The number of primary amides is 1. The topological polar surface area (TPSA) is 547 Å². The number of rotatable bonds is 33. The van der Waals surface area contributed by atoms with E-state index in [4.69, 9.17) is 34.5 Å². The van der Waals surface area contributed by atoms with E-state index in [0.29, 0.717) is 53.1 Å². The number of carbonyl (C=O) groups is 12. The van der Waals surface area contributed by atoms with Crippen LogP contribution in [-0.4, -0.2) is 202 Å². The van der Waals surface area contributed by atoms with Crippen molar-refractivity contribution in [2.24, 2.45) is 74.3 Å². The van der Waals surface area contributed by atoms with Crippen molar-refractivity contribution in [1.82, 2.24) is 46.8 Å². The van der Waals surface area contributed by atoms with Crippen LogP contribution in [0.5, 0.6) is 5.75 Å². The molecule has 1 aromatic heterocycles. The summed E-state index contributed by atoms with van der Waals surface area (Å²) in [6, 6.07) is 11.0. The first kappa shape index (κ1) is 91.2. The summed E-state index contributed by atoms with van der Waals surface area (Å²) >= 11 is 5.73. The molecule has 21 N–H and O–H groups in total. The maximum absolute atomic E-state index is 14.5. The fraction of sp³-hybridized carbons (Fsp3) is 0.556. The molecular weight excluding hydrogens is 1490 g/mol. The van der Waals surface area contributed by atoms with Crippen LogP contribution in [0.15, 0.2) is 108 Å². The molecule has 32 nitrogen and oxygen atoms in total. The van der Waals surface area contributed by atoms with Gasteiger partial charge in [0, 0.05) is 67.0 Å². The number of allylic oxidation sites excluding steroid dienone is 1. The summed E-state index contributed by atoms with van der Waals surface area (Å²) in [5.74, 6) is -9.28. The van der Waals surface area contributed by atoms with Gasteiger partial charge in [0.15, 0.2) is 17.5 Å². The van der Waals surface area contributed by atoms with Crippen LogP contribution in [0.2, 0.25) is 5.02 Å². The second-order valence-electron chi connectivity index (χ2n) is 32.1. The van der Waals surface area contributed by atoms with Crippen molar-refractivity contribution in [1.29, 1.82) is 0 Å². The number of nitrogens with two attached hydrogens (primary N) is 4. The number of aliphatic hydroxyl groups excluding tert-OH is 2. The van der Waals surface area contributed by atoms with Crippen LogP contribution in [-0.2, 0) is 82.4 Å². The molecule has 0 radical (unpaired) electrons. The summed E-state index contributed by atoms with van der Waals surface area (Å²) in [6.07, 6.45) is 9.61. The number of aliphatic hydroxyl groups is 4. The molecule has 4 aromatic rings. The number of nitrogens with zero attached hydrogens (tertiary/aromatic N) is 3. The average molecular weight is 1610 g/mol. The highest BCUT2D eigenvalue weighted by Crippen LogP contribution is 2.66. The van der Waals surface area contributed by atoms with Gasteiger partial charge in [0.25, 0.3) is 0 Å². The maximum Gasteiger partial charge on any atom is 0.326 e. The summed E-state index contributed by atoms with van der Waals surface area (Å²) in [5, 5.41) is 76.9. The number of ketones is 2. The first-order chi connectivity index (χ1) is 53.7. The number of fused-ring (bicyclic) bond motifs is 5. The van der Waals surface area contributed by atoms with Crippen LogP contribution in [0.4, 0.5) is 0 Å². The third-order valence-electron chi connectivity index (χ3n) is 23.0. The lowest BCUT2D eigenvalue weighted by molar-refractivity contribution is -0.157. The van der Waals surface area contributed by atoms with E-state index in [1.807, 2.05) is 0 Å². The standard InChI is InChI=1S/C49H70N14O11.C21H28O5.C11H15ClO2/c1-26(2)39(61-42(67)33(12-8-18-55-49(52)53)57-41(66)32(50)23-38(51)65)45(70)58-34(20-29-14-16-31(64)17-15-29)43(68)62-40(27(3)4)46(71)59-35(22-30-24-54-25-56-30)47(72)63-19-9-13-37(63)44(69)60-36(48(73)74)21-28-10-6-5-7-11-28;1-20-7-6-13(24)8-12(20)2-3-14-15-4-5-16(18(26)10-22)21(15,11-23)9-17(25)19(14)20;1-10(2,13)11(3,14)8-4-6-9(12)7-5-8/h5-7,10-11,14-17,24-27,32-37,39-40,64H,8-9,12-13,18-23,50H2,1-4H3,(H2,51,65)(H,54,56)(H,57,66)(H,58,70)(H,59,71)(H,60,69)(H,61,67)(H,62,68)(H,73,74)(H4,52,53,55);8,11,14-17,19,22,25H,2-7,9-10H2,1H3;4-7,13-14H,1-3H3/t32-,33-,34-,35-,36-,37-,39-,40-;14-,15-,16+,17-,19+,20-,21+;/m00./s1. The molecule has 1 unspecified atom stereocenters. The SMILES string of the molecule is CC(C)(O)C(C)(O)c1ccc(Cl)cc1.CC(C)[C@H](NC(=O)[C@H](CCCN=C(N)N)NC(=O)[C@@H](N)CC(N)=O)C(=O)N[C@@H](Cc1ccc(O)cc1)C(=O)N[C@H](C(=O)N[C@@H](Cc1cnc[nH]1)C(=O)N1CCC[C@H]1C(=O)N[C@@H](Cc1ccccc1)C(=O)O)C(C)C.C[C@]12CCC(=O)C=C1CC[C@@H]1[C@@H]2[C@@H](O)C[C@]2(C=O)[C@@H](C(=O)CO)CC[C@@H]12. The number of hydrogen-bond donors (Lipinski definition) is 17. The number of imidazole rings is 1. The van der Waals surface area contributed by atoms with E-state index in [1.165, 1.54) is 41.7 Å². The first-order valence-electron chi connectivity index (χ1n) is 38.6. The van der Waals surface area contributed by atoms with Gasteiger partial charge in [0.1, 0.15) is 66.5 Å². The lowest BCUT2D eigenvalue weighted by atomic mass is 9.45. The Morgan fingerprint density at radius 3 is 1.90 bits per heavy atom. The first-order valence-corrected chi connectivity index (χ1v) is 39.0. The zero-order valence-corrected chi connectivity index (χ0v) is 66.6. The van der Waals surface area contributed by atoms with E-state index in [2.05, 4.69) is 53.8 Å². The summed E-state index contributed by atoms with van der Waals surface area (Å²) in [5.41, 5.74) is 21.9. The largest absolute Gasteiger partial charge is 0.508 e. The Kier molecular flexibility index (Phi) is 32.3. The number of carboxylic acid groups (broad SMARTS) is 1. The molecule has 4 aliphatic carbocycles. The van der Waals surface area contributed by atoms with Crippen molar-refractivity contribution in [2.75, 3.05) is 19.7 Å². The van der Waals surface area contributed by atoms with E-state index in [0.717, 1.165) is 37.5 Å². The quantitative estimate of drug-likeness (QED) is 0.0140. The van der Waals surface area contributed by atoms with Crippen LogP contribution in [0, 0.1) is 46.3 Å². The number of aromatic hydroxyl groups is 1. The summed E-state index contributed by atoms with van der Waals surface area (Å²) in [7, 11) is 0. The van der Waals surface area contributed by atoms with E-state index in [1.54, 1.807) is 109 Å². The molecule has 4 fully saturated rings. The minimum Gasteiger partial charge on any atom is -0.508 e. The van der Waals surface area contributed by atoms with Crippen molar-refractivity contribution >= 4 is 88.6 Å². The van der Waals surface area contributed by atoms with E-state index >= 15 is 0 Å². The van der Waals surface area contributed by atoms with E-state index in [-0.39, 0.29) is 98.1 Å². The second-order valence-corrected chi connectivity index (χ2v) is 32.5. The number of benzene rings is 3. The average Bonchev–Trinajstić information content (AvgIpc) is 1.41. The Morgan fingerprint density at radius 2 is 1.34 bits per heavy atom. The summed E-state index contributed by atoms with van der Waals surface area (Å²) in [4.78, 5) is 170. The van der Waals surface area contributed by atoms with Crippen molar-refractivity contribution in [3.63, 3.8) is 0 Å². The lowest BCUT2D eigenvalue weighted by Gasteiger charge is -2.59. The number of H-pyrrole nitrogens is 1. The predicted molar refractivity (Wildman–Crippen MR) is 421 cm³/mol. The van der Waals surface area contributed by atoms with Crippen molar-refractivity contribution in [2.45, 2.75) is 217 Å². The Morgan fingerprint density at radius 1 is 0.746 bits per heavy atom. The highest BCUT2D eigenvalue weighted by Gasteiger charge is 2.65. The number of aliphatic imine (C=N–C) groups is 1. The Bertz CT molecular complexity index is 4100. The Balaban J connectivity index is 0.000000359. The molecule has 2 heterocycles. The number of carboxylic acids is 1. The number of aromatic amines is 1. The summed E-state index contributed by atoms with van der Waals surface area (Å²) in [6.45, 7) is 13.1. The van der Waals surface area contributed by atoms with Gasteiger partial charge in [0.05, 0.1) is 30.5 Å². The molecule has 8 amide bonds. The number of aliphatic carboxylic acids is 1. The molecular formula is C81H113ClN14O18. The van der Waals surface area contributed by atoms with Crippen LogP contribution in [0.25, 0.3) is 0 Å². The van der Waals surface area contributed by atoms with Gasteiger partial charge in [-0.1, -0.05) is 106 Å². The van der Waals surface area contributed by atoms with Gasteiger partial charge in [-0.2, -0.15) is 0 Å². The predicted octanol–water partition coefficient (Wildman–Crippen LogP) is 1.86. The fourth-order valence-corrected chi connectivity index (χ4v) is 16.6. The lowest BCUT2D eigenvalue weighted by Crippen LogP contribution is -2.62. The van der Waals surface area contributed by atoms with Crippen LogP contribution in [0.1, 0.15) is 155 Å². The van der Waals surface area contributed by atoms with E-state index in [9.17, 15) is 88.2 Å². The van der Waals surface area contributed by atoms with Crippen LogP contribution in [0.3, 0.4) is 0 Å². The van der Waals surface area contributed by atoms with Gasteiger partial charge in [-0.3, -0.25) is 52.9 Å². The van der Waals surface area contributed by atoms with Crippen molar-refractivity contribution in [3.05, 3.63) is 130 Å². The van der Waals surface area contributed by atoms with Crippen molar-refractivity contribution in [3.8, 4) is 5.75 Å². The molecule has 1 aliphatic heterocycles. The number of aldehydes is 1.